The van der Waals surface area contributed by atoms with E-state index < -0.39 is 5.63 Å². The second kappa shape index (κ2) is 5.20. The maximum Gasteiger partial charge on any atom is 0.346 e. The summed E-state index contributed by atoms with van der Waals surface area (Å²) in [5, 5.41) is 0.859. The summed E-state index contributed by atoms with van der Waals surface area (Å²) in [6.45, 7) is 1.76. The third-order valence-electron chi connectivity index (χ3n) is 3.12. The molecular weight excluding hydrogens is 266 g/mol. The zero-order chi connectivity index (χ0) is 14.8. The topological polar surface area (TPSA) is 82.7 Å². The molecule has 2 heterocycles. The number of benzene rings is 1. The van der Waals surface area contributed by atoms with E-state index in [0.717, 1.165) is 5.39 Å². The van der Waals surface area contributed by atoms with Crippen LogP contribution in [0.25, 0.3) is 11.0 Å². The first-order valence-electron chi connectivity index (χ1n) is 6.50. The second-order valence-corrected chi connectivity index (χ2v) is 4.67. The van der Waals surface area contributed by atoms with Crippen molar-refractivity contribution >= 4 is 28.3 Å². The number of aliphatic imine (C=N–C) groups is 1. The highest BCUT2D eigenvalue weighted by molar-refractivity contribution is 6.01. The summed E-state index contributed by atoms with van der Waals surface area (Å²) in [6.07, 6.45) is 0. The molecule has 21 heavy (non-hydrogen) atoms. The van der Waals surface area contributed by atoms with Gasteiger partial charge in [0.1, 0.15) is 11.3 Å². The van der Waals surface area contributed by atoms with Crippen LogP contribution in [0.4, 0.5) is 11.6 Å². The Labute approximate surface area is 120 Å². The van der Waals surface area contributed by atoms with E-state index in [1.165, 1.54) is 0 Å². The highest BCUT2D eigenvalue weighted by Crippen LogP contribution is 2.14. The smallest absolute Gasteiger partial charge is 0.346 e. The molecule has 104 valence electrons. The Balaban J connectivity index is 2.11. The lowest BCUT2D eigenvalue weighted by Crippen LogP contribution is -2.14. The Kier molecular flexibility index (Phi) is 3.23. The highest BCUT2D eigenvalue weighted by Gasteiger charge is 2.11. The van der Waals surface area contributed by atoms with E-state index in [0.29, 0.717) is 28.5 Å². The van der Waals surface area contributed by atoms with Crippen molar-refractivity contribution < 1.29 is 9.40 Å². The van der Waals surface area contributed by atoms with Crippen molar-refractivity contribution in [1.82, 2.24) is 0 Å². The highest BCUT2D eigenvalue weighted by atomic mass is 16.4. The van der Waals surface area contributed by atoms with Crippen LogP contribution in [0, 0.1) is 0 Å². The summed E-state index contributed by atoms with van der Waals surface area (Å²) in [7, 11) is 0. The molecule has 0 bridgehead atoms. The van der Waals surface area contributed by atoms with E-state index >= 15 is 0 Å². The first-order valence-corrected chi connectivity index (χ1v) is 6.50. The number of aromatic amines is 1. The first-order chi connectivity index (χ1) is 10.1. The fraction of sp³-hybridized carbons (Fsp3) is 0.0625. The van der Waals surface area contributed by atoms with Crippen LogP contribution in [-0.2, 0) is 0 Å². The van der Waals surface area contributed by atoms with Crippen LogP contribution in [-0.4, -0.2) is 5.71 Å². The second-order valence-electron chi connectivity index (χ2n) is 4.67. The minimum atomic E-state index is -0.404. The van der Waals surface area contributed by atoms with Gasteiger partial charge in [-0.05, 0) is 25.1 Å². The van der Waals surface area contributed by atoms with Crippen LogP contribution >= 0.6 is 0 Å². The molecule has 0 aliphatic heterocycles. The number of rotatable bonds is 2. The summed E-state index contributed by atoms with van der Waals surface area (Å²) in [5.41, 5.74) is 6.83. The van der Waals surface area contributed by atoms with Gasteiger partial charge >= 0.3 is 5.63 Å². The number of pyridine rings is 1. The molecule has 3 N–H and O–H groups in total. The summed E-state index contributed by atoms with van der Waals surface area (Å²) in [6, 6.07) is 14.5. The number of aromatic nitrogens is 1. The quantitative estimate of drug-likeness (QED) is 0.577. The Morgan fingerprint density at radius 2 is 2.00 bits per heavy atom. The lowest BCUT2D eigenvalue weighted by Gasteiger charge is -1.99. The zero-order valence-electron chi connectivity index (χ0n) is 11.5. The summed E-state index contributed by atoms with van der Waals surface area (Å²) < 4.78 is 5.30. The number of nitrogens with zero attached hydrogens (tertiary/aromatic N) is 1. The van der Waals surface area contributed by atoms with Gasteiger partial charge in [0.25, 0.3) is 5.82 Å². The number of anilines is 1. The minimum absolute atomic E-state index is 0.404. The molecule has 0 aliphatic rings. The number of hydrogen-bond acceptors (Lipinski definition) is 4. The van der Waals surface area contributed by atoms with Crippen molar-refractivity contribution in [3.05, 3.63) is 64.5 Å². The molecule has 1 aromatic carbocycles. The third kappa shape index (κ3) is 2.67. The Hall–Kier alpha value is -2.95. The molecule has 0 saturated carbocycles. The van der Waals surface area contributed by atoms with Gasteiger partial charge < -0.3 is 10.2 Å². The minimum Gasteiger partial charge on any atom is -0.422 e. The Morgan fingerprint density at radius 3 is 2.81 bits per heavy atom. The lowest BCUT2D eigenvalue weighted by molar-refractivity contribution is -0.344. The van der Waals surface area contributed by atoms with Crippen LogP contribution < -0.4 is 16.3 Å². The summed E-state index contributed by atoms with van der Waals surface area (Å²) >= 11 is 0. The predicted octanol–water partition coefficient (Wildman–Crippen LogP) is 2.33. The molecule has 0 amide bonds. The predicted molar refractivity (Wildman–Crippen MR) is 81.8 cm³/mol. The third-order valence-corrected chi connectivity index (χ3v) is 3.12. The van der Waals surface area contributed by atoms with Crippen LogP contribution in [0.15, 0.2) is 62.7 Å². The molecule has 0 saturated heterocycles. The molecular formula is C16H14N3O2+. The van der Waals surface area contributed by atoms with Crippen molar-refractivity contribution in [2.45, 2.75) is 6.92 Å². The van der Waals surface area contributed by atoms with E-state index in [4.69, 9.17) is 10.2 Å². The standard InChI is InChI=1S/C16H13N3O2/c1-10(18-15-8-4-7-14(17)19-15)12-9-11-5-2-3-6-13(11)21-16(12)20/h2-9H,1H3,(H2,17,19)/p+1. The van der Waals surface area contributed by atoms with Crippen molar-refractivity contribution in [2.75, 3.05) is 5.73 Å². The largest absolute Gasteiger partial charge is 0.422 e. The Bertz CT molecular complexity index is 897. The molecule has 2 aromatic heterocycles. The summed E-state index contributed by atoms with van der Waals surface area (Å²) in [4.78, 5) is 19.4. The molecule has 0 spiro atoms. The SMILES string of the molecule is CC(=Nc1cccc(N)[nH+]1)c1cc2ccccc2oc1=O. The number of nitrogens with one attached hydrogen (secondary N) is 1. The van der Waals surface area contributed by atoms with Crippen molar-refractivity contribution in [1.29, 1.82) is 0 Å². The van der Waals surface area contributed by atoms with Crippen LogP contribution in [0.3, 0.4) is 0 Å². The van der Waals surface area contributed by atoms with Crippen molar-refractivity contribution in [2.24, 2.45) is 4.99 Å². The van der Waals surface area contributed by atoms with Gasteiger partial charge in [0.15, 0.2) is 0 Å². The number of hydrogen-bond donors (Lipinski definition) is 1. The summed E-state index contributed by atoms with van der Waals surface area (Å²) in [5.74, 6) is 1.09. The van der Waals surface area contributed by atoms with Crippen LogP contribution in [0.5, 0.6) is 0 Å². The van der Waals surface area contributed by atoms with Crippen molar-refractivity contribution in [3.8, 4) is 0 Å². The monoisotopic (exact) mass is 280 g/mol. The number of H-pyrrole nitrogens is 1. The first kappa shape index (κ1) is 13.1. The fourth-order valence-electron chi connectivity index (χ4n) is 2.09. The van der Waals surface area contributed by atoms with Gasteiger partial charge in [0, 0.05) is 17.5 Å². The van der Waals surface area contributed by atoms with Crippen LogP contribution in [0.1, 0.15) is 12.5 Å². The van der Waals surface area contributed by atoms with Crippen molar-refractivity contribution in [3.63, 3.8) is 0 Å². The van der Waals surface area contributed by atoms with Gasteiger partial charge in [-0.1, -0.05) is 18.2 Å². The normalized spacial score (nSPS) is 11.8. The number of nitrogen functional groups attached to an aromatic ring is 1. The fourth-order valence-corrected chi connectivity index (χ4v) is 2.09. The van der Waals surface area contributed by atoms with Gasteiger partial charge in [0.2, 0.25) is 5.82 Å². The zero-order valence-corrected chi connectivity index (χ0v) is 11.5. The average molecular weight is 280 g/mol. The molecule has 0 unspecified atom stereocenters. The Morgan fingerprint density at radius 1 is 1.19 bits per heavy atom. The molecule has 5 heteroatoms. The van der Waals surface area contributed by atoms with E-state index in [2.05, 4.69) is 9.98 Å². The molecule has 3 aromatic rings. The number of fused-ring (bicyclic) bond motifs is 1. The molecule has 0 radical (unpaired) electrons. The van der Waals surface area contributed by atoms with Gasteiger partial charge in [-0.25, -0.2) is 9.78 Å². The van der Waals surface area contributed by atoms with Gasteiger partial charge in [0.05, 0.1) is 5.56 Å². The van der Waals surface area contributed by atoms with E-state index in [-0.39, 0.29) is 0 Å². The molecule has 0 fully saturated rings. The van der Waals surface area contributed by atoms with E-state index in [1.807, 2.05) is 18.2 Å². The maximum atomic E-state index is 12.0. The lowest BCUT2D eigenvalue weighted by atomic mass is 10.1. The van der Waals surface area contributed by atoms with E-state index in [9.17, 15) is 4.79 Å². The number of nitrogens with two attached hydrogens (primary N) is 1. The molecule has 0 aliphatic carbocycles. The molecule has 0 atom stereocenters. The molecule has 5 nitrogen and oxygen atoms in total. The van der Waals surface area contributed by atoms with Gasteiger partial charge in [-0.3, -0.25) is 0 Å². The van der Waals surface area contributed by atoms with E-state index in [1.54, 1.807) is 37.3 Å². The van der Waals surface area contributed by atoms with Crippen LogP contribution in [0.2, 0.25) is 0 Å². The number of para-hydroxylation sites is 1. The van der Waals surface area contributed by atoms with Gasteiger partial charge in [-0.15, -0.1) is 4.99 Å². The molecule has 3 rings (SSSR count). The maximum absolute atomic E-state index is 12.0. The van der Waals surface area contributed by atoms with Gasteiger partial charge in [-0.2, -0.15) is 0 Å². The average Bonchev–Trinajstić information content (AvgIpc) is 2.46.